The monoisotopic (exact) mass is 254 g/mol. The Labute approximate surface area is 93.3 Å². The van der Waals surface area contributed by atoms with E-state index in [1.54, 1.807) is 0 Å². The summed E-state index contributed by atoms with van der Waals surface area (Å²) < 4.78 is 1.07. The second kappa shape index (κ2) is 3.67. The molecule has 1 N–H and O–H groups in total. The summed E-state index contributed by atoms with van der Waals surface area (Å²) in [5.41, 5.74) is 0.478. The standard InChI is InChI=1S/C12H15BrO/c1-9-3-2-8-12(9,14)10-4-6-11(13)7-5-10/h4-7,9,14H,2-3,8H2,1H3/t9-,12+/m1/s1. The van der Waals surface area contributed by atoms with Crippen molar-refractivity contribution >= 4 is 15.9 Å². The van der Waals surface area contributed by atoms with Crippen molar-refractivity contribution in [2.24, 2.45) is 5.92 Å². The lowest BCUT2D eigenvalue weighted by Crippen LogP contribution is -2.28. The van der Waals surface area contributed by atoms with Crippen molar-refractivity contribution in [3.63, 3.8) is 0 Å². The molecule has 0 aromatic heterocycles. The Hall–Kier alpha value is -0.340. The molecule has 76 valence electrons. The van der Waals surface area contributed by atoms with E-state index in [-0.39, 0.29) is 0 Å². The smallest absolute Gasteiger partial charge is 0.0921 e. The summed E-state index contributed by atoms with van der Waals surface area (Å²) in [5.74, 6) is 0.378. The van der Waals surface area contributed by atoms with Crippen LogP contribution in [0.15, 0.2) is 28.7 Å². The lowest BCUT2D eigenvalue weighted by Gasteiger charge is -2.28. The van der Waals surface area contributed by atoms with Crippen LogP contribution in [0.25, 0.3) is 0 Å². The maximum Gasteiger partial charge on any atom is 0.0921 e. The van der Waals surface area contributed by atoms with Gasteiger partial charge in [0.25, 0.3) is 0 Å². The molecule has 2 atom stereocenters. The third-order valence-corrected chi connectivity index (χ3v) is 3.88. The lowest BCUT2D eigenvalue weighted by atomic mass is 9.85. The topological polar surface area (TPSA) is 20.2 Å². The van der Waals surface area contributed by atoms with Gasteiger partial charge < -0.3 is 5.11 Å². The van der Waals surface area contributed by atoms with Crippen LogP contribution < -0.4 is 0 Å². The van der Waals surface area contributed by atoms with Crippen molar-refractivity contribution in [1.82, 2.24) is 0 Å². The van der Waals surface area contributed by atoms with E-state index in [9.17, 15) is 5.11 Å². The van der Waals surface area contributed by atoms with Gasteiger partial charge in [-0.2, -0.15) is 0 Å². The van der Waals surface area contributed by atoms with E-state index in [1.807, 2.05) is 24.3 Å². The Bertz CT molecular complexity index is 320. The van der Waals surface area contributed by atoms with Crippen molar-refractivity contribution in [3.05, 3.63) is 34.3 Å². The fraction of sp³-hybridized carbons (Fsp3) is 0.500. The molecular weight excluding hydrogens is 240 g/mol. The third-order valence-electron chi connectivity index (χ3n) is 3.35. The normalized spacial score (nSPS) is 32.1. The number of aliphatic hydroxyl groups is 1. The molecule has 0 spiro atoms. The number of hydrogen-bond acceptors (Lipinski definition) is 1. The minimum Gasteiger partial charge on any atom is -0.385 e. The van der Waals surface area contributed by atoms with Gasteiger partial charge in [0.1, 0.15) is 0 Å². The summed E-state index contributed by atoms with van der Waals surface area (Å²) in [6.45, 7) is 2.13. The van der Waals surface area contributed by atoms with E-state index in [1.165, 1.54) is 0 Å². The van der Waals surface area contributed by atoms with E-state index in [0.717, 1.165) is 29.3 Å². The quantitative estimate of drug-likeness (QED) is 0.814. The molecular formula is C12H15BrO. The average Bonchev–Trinajstić information content (AvgIpc) is 2.49. The first-order chi connectivity index (χ1) is 6.63. The molecule has 1 nitrogen and oxygen atoms in total. The Morgan fingerprint density at radius 1 is 1.36 bits per heavy atom. The summed E-state index contributed by atoms with van der Waals surface area (Å²) in [6, 6.07) is 8.04. The third kappa shape index (κ3) is 1.61. The first kappa shape index (κ1) is 10.2. The zero-order chi connectivity index (χ0) is 10.2. The second-order valence-electron chi connectivity index (χ2n) is 4.22. The minimum atomic E-state index is -0.583. The van der Waals surface area contributed by atoms with Gasteiger partial charge in [-0.3, -0.25) is 0 Å². The summed E-state index contributed by atoms with van der Waals surface area (Å²) in [6.07, 6.45) is 3.16. The molecule has 1 aromatic rings. The highest BCUT2D eigenvalue weighted by atomic mass is 79.9. The highest BCUT2D eigenvalue weighted by Gasteiger charge is 2.39. The summed E-state index contributed by atoms with van der Waals surface area (Å²) in [5, 5.41) is 10.5. The Morgan fingerprint density at radius 3 is 2.50 bits per heavy atom. The van der Waals surface area contributed by atoms with Gasteiger partial charge in [-0.1, -0.05) is 35.0 Å². The molecule has 0 radical (unpaired) electrons. The summed E-state index contributed by atoms with van der Waals surface area (Å²) in [4.78, 5) is 0. The van der Waals surface area contributed by atoms with Gasteiger partial charge >= 0.3 is 0 Å². The van der Waals surface area contributed by atoms with E-state index in [2.05, 4.69) is 22.9 Å². The van der Waals surface area contributed by atoms with Gasteiger partial charge in [0.15, 0.2) is 0 Å². The molecule has 1 fully saturated rings. The van der Waals surface area contributed by atoms with Crippen molar-refractivity contribution in [2.45, 2.75) is 31.8 Å². The highest BCUT2D eigenvalue weighted by molar-refractivity contribution is 9.10. The second-order valence-corrected chi connectivity index (χ2v) is 5.14. The van der Waals surface area contributed by atoms with Gasteiger partial charge in [0.2, 0.25) is 0 Å². The molecule has 1 aliphatic rings. The Morgan fingerprint density at radius 2 is 2.00 bits per heavy atom. The van der Waals surface area contributed by atoms with Gasteiger partial charge in [-0.05, 0) is 42.9 Å². The van der Waals surface area contributed by atoms with Crippen molar-refractivity contribution in [2.75, 3.05) is 0 Å². The van der Waals surface area contributed by atoms with Crippen LogP contribution in [0.4, 0.5) is 0 Å². The van der Waals surface area contributed by atoms with Crippen LogP contribution in [0.2, 0.25) is 0 Å². The number of benzene rings is 1. The van der Waals surface area contributed by atoms with Crippen molar-refractivity contribution in [3.8, 4) is 0 Å². The molecule has 1 aliphatic carbocycles. The predicted molar refractivity (Wildman–Crippen MR) is 61.1 cm³/mol. The maximum absolute atomic E-state index is 10.5. The largest absolute Gasteiger partial charge is 0.385 e. The lowest BCUT2D eigenvalue weighted by molar-refractivity contribution is 0.00448. The van der Waals surface area contributed by atoms with Crippen LogP contribution in [0.5, 0.6) is 0 Å². The SMILES string of the molecule is C[C@@H]1CCC[C@@]1(O)c1ccc(Br)cc1. The van der Waals surface area contributed by atoms with Crippen LogP contribution in [0, 0.1) is 5.92 Å². The molecule has 2 rings (SSSR count). The van der Waals surface area contributed by atoms with Crippen LogP contribution in [-0.2, 0) is 5.60 Å². The molecule has 0 amide bonds. The molecule has 0 unspecified atom stereocenters. The molecule has 1 aromatic carbocycles. The van der Waals surface area contributed by atoms with Crippen LogP contribution in [0.1, 0.15) is 31.7 Å². The fourth-order valence-corrected chi connectivity index (χ4v) is 2.59. The predicted octanol–water partition coefficient (Wildman–Crippen LogP) is 3.46. The Kier molecular flexibility index (Phi) is 2.67. The maximum atomic E-state index is 10.5. The zero-order valence-corrected chi connectivity index (χ0v) is 9.92. The molecule has 0 aliphatic heterocycles. The van der Waals surface area contributed by atoms with Crippen molar-refractivity contribution < 1.29 is 5.11 Å². The van der Waals surface area contributed by atoms with Gasteiger partial charge in [-0.25, -0.2) is 0 Å². The van der Waals surface area contributed by atoms with E-state index in [0.29, 0.717) is 5.92 Å². The molecule has 0 heterocycles. The van der Waals surface area contributed by atoms with Crippen LogP contribution >= 0.6 is 15.9 Å². The minimum absolute atomic E-state index is 0.378. The number of hydrogen-bond donors (Lipinski definition) is 1. The van der Waals surface area contributed by atoms with Gasteiger partial charge in [-0.15, -0.1) is 0 Å². The molecule has 0 bridgehead atoms. The zero-order valence-electron chi connectivity index (χ0n) is 8.33. The van der Waals surface area contributed by atoms with E-state index < -0.39 is 5.60 Å². The first-order valence-electron chi connectivity index (χ1n) is 5.11. The first-order valence-corrected chi connectivity index (χ1v) is 5.90. The molecule has 0 saturated heterocycles. The number of rotatable bonds is 1. The Balaban J connectivity index is 2.34. The van der Waals surface area contributed by atoms with E-state index in [4.69, 9.17) is 0 Å². The average molecular weight is 255 g/mol. The highest BCUT2D eigenvalue weighted by Crippen LogP contribution is 2.43. The molecule has 2 heteroatoms. The van der Waals surface area contributed by atoms with Gasteiger partial charge in [0, 0.05) is 4.47 Å². The number of halogens is 1. The van der Waals surface area contributed by atoms with E-state index >= 15 is 0 Å². The summed E-state index contributed by atoms with van der Waals surface area (Å²) in [7, 11) is 0. The van der Waals surface area contributed by atoms with Gasteiger partial charge in [0.05, 0.1) is 5.60 Å². The van der Waals surface area contributed by atoms with Crippen LogP contribution in [0.3, 0.4) is 0 Å². The molecule has 14 heavy (non-hydrogen) atoms. The summed E-state index contributed by atoms with van der Waals surface area (Å²) >= 11 is 3.41. The van der Waals surface area contributed by atoms with Crippen molar-refractivity contribution in [1.29, 1.82) is 0 Å². The molecule has 1 saturated carbocycles. The fourth-order valence-electron chi connectivity index (χ4n) is 2.33. The van der Waals surface area contributed by atoms with Crippen LogP contribution in [-0.4, -0.2) is 5.11 Å².